The summed E-state index contributed by atoms with van der Waals surface area (Å²) in [6, 6.07) is 6.04. The molecule has 1 aromatic carbocycles. The second-order valence-corrected chi connectivity index (χ2v) is 16.6. The third-order valence-electron chi connectivity index (χ3n) is 11.7. The number of benzene rings is 1. The summed E-state index contributed by atoms with van der Waals surface area (Å²) in [5.74, 6) is -5.64. The van der Waals surface area contributed by atoms with Gasteiger partial charge in [0.15, 0.2) is 12.1 Å². The number of carbonyl (C=O) groups excluding carboxylic acids is 3. The van der Waals surface area contributed by atoms with Crippen LogP contribution in [0.25, 0.3) is 6.08 Å². The second kappa shape index (κ2) is 19.1. The number of hydrogen-bond donors (Lipinski definition) is 2. The smallest absolute Gasteiger partial charge is 0.316 e. The molecule has 0 radical (unpaired) electrons. The molecular formula is C43H63FN2O10. The number of Topliss-reactive ketones (excluding diaryl/α,β-unsaturated/α-hetero) is 1. The van der Waals surface area contributed by atoms with Crippen LogP contribution >= 0.6 is 0 Å². The molecule has 13 heteroatoms. The van der Waals surface area contributed by atoms with E-state index in [4.69, 9.17) is 23.7 Å². The van der Waals surface area contributed by atoms with Crippen molar-refractivity contribution >= 4 is 29.4 Å². The highest BCUT2D eigenvalue weighted by Crippen LogP contribution is 2.40. The lowest BCUT2D eigenvalue weighted by Crippen LogP contribution is -2.60. The number of halogens is 1. The van der Waals surface area contributed by atoms with E-state index in [-0.39, 0.29) is 38.2 Å². The number of aliphatic imine (C=N–C) groups is 1. The first-order valence-electron chi connectivity index (χ1n) is 19.8. The Morgan fingerprint density at radius 2 is 1.77 bits per heavy atom. The summed E-state index contributed by atoms with van der Waals surface area (Å²) >= 11 is 0. The molecule has 0 saturated carbocycles. The molecule has 3 fully saturated rings. The van der Waals surface area contributed by atoms with Crippen molar-refractivity contribution in [1.82, 2.24) is 4.90 Å². The predicted octanol–water partition coefficient (Wildman–Crippen LogP) is 5.33. The van der Waals surface area contributed by atoms with Crippen LogP contribution < -0.4 is 0 Å². The van der Waals surface area contributed by atoms with Gasteiger partial charge in [-0.3, -0.25) is 14.4 Å². The van der Waals surface area contributed by atoms with Gasteiger partial charge in [-0.15, -0.1) is 0 Å². The molecule has 1 amide bonds. The molecule has 5 unspecified atom stereocenters. The lowest BCUT2D eigenvalue weighted by molar-refractivity contribution is -0.296. The number of likely N-dealkylation sites (N-methyl/N-ethyl adjacent to an activating group) is 1. The minimum absolute atomic E-state index is 0.0545. The number of rotatable bonds is 6. The number of carbonyl (C=O) groups is 3. The zero-order valence-electron chi connectivity index (χ0n) is 34.9. The van der Waals surface area contributed by atoms with Gasteiger partial charge >= 0.3 is 5.97 Å². The van der Waals surface area contributed by atoms with Gasteiger partial charge in [0.25, 0.3) is 0 Å². The molecule has 2 bridgehead atoms. The van der Waals surface area contributed by atoms with Crippen LogP contribution in [0.1, 0.15) is 87.1 Å². The summed E-state index contributed by atoms with van der Waals surface area (Å²) in [5.41, 5.74) is -1.80. The summed E-state index contributed by atoms with van der Waals surface area (Å²) in [6.07, 6.45) is 0.0569. The van der Waals surface area contributed by atoms with Crippen molar-refractivity contribution in [3.8, 4) is 0 Å². The van der Waals surface area contributed by atoms with Crippen molar-refractivity contribution in [3.05, 3.63) is 53.4 Å². The summed E-state index contributed by atoms with van der Waals surface area (Å²) < 4.78 is 47.0. The normalized spacial score (nSPS) is 39.7. The topological polar surface area (TPSA) is 153 Å². The van der Waals surface area contributed by atoms with E-state index in [9.17, 15) is 29.0 Å². The number of cyclic esters (lactones) is 1. The molecule has 56 heavy (non-hydrogen) atoms. The van der Waals surface area contributed by atoms with Gasteiger partial charge in [-0.1, -0.05) is 64.1 Å². The van der Waals surface area contributed by atoms with E-state index in [0.717, 1.165) is 0 Å². The fraction of sp³-hybridized carbons (Fsp3) is 0.674. The van der Waals surface area contributed by atoms with Gasteiger partial charge < -0.3 is 38.8 Å². The Kier molecular flexibility index (Phi) is 15.5. The predicted molar refractivity (Wildman–Crippen MR) is 210 cm³/mol. The van der Waals surface area contributed by atoms with Crippen molar-refractivity contribution < 1.29 is 52.7 Å². The zero-order chi connectivity index (χ0) is 41.7. The van der Waals surface area contributed by atoms with E-state index in [2.05, 4.69) is 4.99 Å². The van der Waals surface area contributed by atoms with E-state index in [1.807, 2.05) is 39.8 Å². The Hall–Kier alpha value is -3.17. The van der Waals surface area contributed by atoms with Gasteiger partial charge in [0.1, 0.15) is 29.5 Å². The third-order valence-corrected chi connectivity index (χ3v) is 11.7. The molecule has 4 rings (SSSR count). The maximum atomic E-state index is 14.6. The van der Waals surface area contributed by atoms with Crippen LogP contribution in [0.3, 0.4) is 0 Å². The first-order valence-corrected chi connectivity index (χ1v) is 19.8. The zero-order valence-corrected chi connectivity index (χ0v) is 34.9. The number of fused-ring (bicyclic) bond motifs is 5. The number of ketones is 1. The third kappa shape index (κ3) is 10.5. The number of amides is 1. The molecule has 1 aromatic rings. The van der Waals surface area contributed by atoms with Gasteiger partial charge in [-0.05, 0) is 78.6 Å². The molecule has 312 valence electrons. The molecule has 0 spiro atoms. The number of esters is 1. The lowest BCUT2D eigenvalue weighted by atomic mass is 9.73. The summed E-state index contributed by atoms with van der Waals surface area (Å²) in [4.78, 5) is 47.4. The molecule has 3 heterocycles. The van der Waals surface area contributed by atoms with Crippen LogP contribution in [0.2, 0.25) is 0 Å². The monoisotopic (exact) mass is 786 g/mol. The van der Waals surface area contributed by atoms with Crippen molar-refractivity contribution in [2.45, 2.75) is 136 Å². The number of ether oxygens (including phenoxy) is 5. The highest BCUT2D eigenvalue weighted by Gasteiger charge is 2.53. The highest BCUT2D eigenvalue weighted by atomic mass is 19.1. The van der Waals surface area contributed by atoms with Gasteiger partial charge in [0, 0.05) is 36.1 Å². The average Bonchev–Trinajstić information content (AvgIpc) is 3.14. The van der Waals surface area contributed by atoms with Crippen LogP contribution in [0.15, 0.2) is 47.0 Å². The molecule has 12 nitrogen and oxygen atoms in total. The van der Waals surface area contributed by atoms with E-state index in [1.54, 1.807) is 57.2 Å². The number of aliphatic hydroxyl groups excluding tert-OH is 1. The van der Waals surface area contributed by atoms with E-state index >= 15 is 0 Å². The van der Waals surface area contributed by atoms with Crippen molar-refractivity contribution in [2.24, 2.45) is 28.7 Å². The van der Waals surface area contributed by atoms with E-state index < -0.39 is 89.1 Å². The van der Waals surface area contributed by atoms with Crippen LogP contribution in [-0.4, -0.2) is 120 Å². The van der Waals surface area contributed by atoms with Crippen LogP contribution in [0, 0.1) is 29.5 Å². The molecular weight excluding hydrogens is 723 g/mol. The highest BCUT2D eigenvalue weighted by molar-refractivity contribution is 6.00. The minimum atomic E-state index is -1.83. The number of allylic oxidation sites excluding steroid dienone is 2. The molecule has 2 N–H and O–H groups in total. The molecule has 3 aliphatic rings. The average molecular weight is 787 g/mol. The van der Waals surface area contributed by atoms with Gasteiger partial charge in [-0.2, -0.15) is 0 Å². The summed E-state index contributed by atoms with van der Waals surface area (Å²) in [6.45, 7) is 15.0. The Labute approximate surface area is 331 Å². The van der Waals surface area contributed by atoms with Gasteiger partial charge in [0.05, 0.1) is 37.1 Å². The maximum Gasteiger partial charge on any atom is 0.316 e. The van der Waals surface area contributed by atoms with E-state index in [1.165, 1.54) is 26.8 Å². The van der Waals surface area contributed by atoms with Gasteiger partial charge in [-0.25, -0.2) is 9.38 Å². The fourth-order valence-electron chi connectivity index (χ4n) is 8.57. The molecule has 0 aromatic heterocycles. The first kappa shape index (κ1) is 45.5. The number of nitrogens with zero attached hydrogens (tertiary/aromatic N) is 2. The van der Waals surface area contributed by atoms with Crippen LogP contribution in [0.5, 0.6) is 0 Å². The second-order valence-electron chi connectivity index (χ2n) is 16.6. The number of aliphatic hydroxyl groups is 2. The molecule has 3 saturated heterocycles. The van der Waals surface area contributed by atoms with Crippen molar-refractivity contribution in [1.29, 1.82) is 0 Å². The molecule has 0 aliphatic carbocycles. The minimum Gasteiger partial charge on any atom is -0.459 e. The SMILES string of the molecule is CC[C@H]1OC(=O)[C@H](C)C(=O)[C@H](C)C(O[C@@H]2O[C@H](C)C[C@H](N(C)C)C2O)[C@@]2(C)CC(C)C(=NC(C)=O)C(C)C(OC/C(=C/C=C/c3ccccc3F)CO2)[C@]1(C)O. The summed E-state index contributed by atoms with van der Waals surface area (Å²) in [5, 5.41) is 24.0. The Morgan fingerprint density at radius 1 is 1.09 bits per heavy atom. The fourth-order valence-corrected chi connectivity index (χ4v) is 8.57. The van der Waals surface area contributed by atoms with Gasteiger partial charge in [0.2, 0.25) is 5.91 Å². The van der Waals surface area contributed by atoms with Crippen LogP contribution in [-0.2, 0) is 38.1 Å². The lowest BCUT2D eigenvalue weighted by Gasteiger charge is -2.47. The molecule has 13 atom stereocenters. The van der Waals surface area contributed by atoms with E-state index in [0.29, 0.717) is 23.3 Å². The Bertz CT molecular complexity index is 1640. The summed E-state index contributed by atoms with van der Waals surface area (Å²) in [7, 11) is 3.73. The first-order chi connectivity index (χ1) is 26.2. The van der Waals surface area contributed by atoms with Crippen molar-refractivity contribution in [2.75, 3.05) is 27.3 Å². The maximum absolute atomic E-state index is 14.6. The standard InChI is InChI=1S/C43H63FN2O10/c1-12-34-43(9,51)39-26(4)35(45-29(7)47)24(2)21-42(8,53-23-30(22-52-39)16-15-18-31-17-13-14-19-32(31)44)38(27(5)36(48)28(6)40(50)55-34)56-41-37(49)33(46(10)11)20-25(3)54-41/h13-19,24-28,33-34,37-39,41,49,51H,12,20-23H2,1-11H3/b18-15+,30-16-,45-35?/t24?,25-,26?,27+,28-,33+,34-,37?,38?,39?,41+,42-,43-/m1/s1. The Balaban J connectivity index is 1.98. The largest absolute Gasteiger partial charge is 0.459 e. The quantitative estimate of drug-likeness (QED) is 0.284. The molecule has 3 aliphatic heterocycles. The van der Waals surface area contributed by atoms with Crippen molar-refractivity contribution in [3.63, 3.8) is 0 Å². The number of hydrogen-bond acceptors (Lipinski definition) is 11. The van der Waals surface area contributed by atoms with Crippen LogP contribution in [0.4, 0.5) is 4.39 Å². The Morgan fingerprint density at radius 3 is 2.39 bits per heavy atom.